The van der Waals surface area contributed by atoms with Crippen molar-refractivity contribution in [2.24, 2.45) is 5.73 Å². The Morgan fingerprint density at radius 1 is 1.32 bits per heavy atom. The molecule has 1 aromatic rings. The molecule has 0 aliphatic rings. The van der Waals surface area contributed by atoms with E-state index in [2.05, 4.69) is 10.6 Å². The van der Waals surface area contributed by atoms with Gasteiger partial charge in [0, 0.05) is 0 Å². The van der Waals surface area contributed by atoms with Crippen molar-refractivity contribution in [3.8, 4) is 0 Å². The van der Waals surface area contributed by atoms with Gasteiger partial charge in [-0.25, -0.2) is 4.79 Å². The smallest absolute Gasteiger partial charge is 0.312 e. The van der Waals surface area contributed by atoms with Crippen LogP contribution in [0.25, 0.3) is 0 Å². The summed E-state index contributed by atoms with van der Waals surface area (Å²) >= 11 is 0. The van der Waals surface area contributed by atoms with E-state index in [1.807, 2.05) is 44.2 Å². The maximum atomic E-state index is 12.0. The predicted octanol–water partition coefficient (Wildman–Crippen LogP) is 1.48. The van der Waals surface area contributed by atoms with Crippen molar-refractivity contribution in [1.82, 2.24) is 10.6 Å². The van der Waals surface area contributed by atoms with Gasteiger partial charge in [0.2, 0.25) is 5.91 Å². The van der Waals surface area contributed by atoms with Crippen LogP contribution < -0.4 is 16.4 Å². The van der Waals surface area contributed by atoms with Crippen molar-refractivity contribution >= 4 is 11.9 Å². The van der Waals surface area contributed by atoms with E-state index >= 15 is 0 Å². The van der Waals surface area contributed by atoms with Crippen LogP contribution in [0.2, 0.25) is 0 Å². The number of hydrogen-bond donors (Lipinski definition) is 3. The second-order valence-corrected chi connectivity index (χ2v) is 4.77. The fourth-order valence-corrected chi connectivity index (χ4v) is 1.83. The zero-order valence-electron chi connectivity index (χ0n) is 11.6. The molecule has 0 aromatic heterocycles. The van der Waals surface area contributed by atoms with Crippen LogP contribution >= 0.6 is 0 Å². The molecule has 2 atom stereocenters. The molecule has 104 valence electrons. The number of amides is 3. The van der Waals surface area contributed by atoms with Crippen LogP contribution in [0.3, 0.4) is 0 Å². The van der Waals surface area contributed by atoms with Gasteiger partial charge in [-0.3, -0.25) is 4.79 Å². The molecule has 0 spiro atoms. The SMILES string of the molecule is CC[C@@](C)(NC(=O)[C@@H](C)NC(N)=O)c1ccccc1. The number of hydrogen-bond acceptors (Lipinski definition) is 2. The zero-order chi connectivity index (χ0) is 14.5. The fraction of sp³-hybridized carbons (Fsp3) is 0.429. The van der Waals surface area contributed by atoms with Crippen molar-refractivity contribution in [3.63, 3.8) is 0 Å². The Kier molecular flexibility index (Phi) is 4.92. The van der Waals surface area contributed by atoms with Crippen molar-refractivity contribution in [1.29, 1.82) is 0 Å². The Hall–Kier alpha value is -2.04. The molecule has 0 fully saturated rings. The lowest BCUT2D eigenvalue weighted by Crippen LogP contribution is -2.52. The van der Waals surface area contributed by atoms with Crippen LogP contribution in [0.5, 0.6) is 0 Å². The summed E-state index contributed by atoms with van der Waals surface area (Å²) in [6.45, 7) is 5.55. The largest absolute Gasteiger partial charge is 0.352 e. The lowest BCUT2D eigenvalue weighted by molar-refractivity contribution is -0.124. The summed E-state index contributed by atoms with van der Waals surface area (Å²) in [5.41, 5.74) is 5.57. The molecule has 0 bridgehead atoms. The molecule has 5 heteroatoms. The fourth-order valence-electron chi connectivity index (χ4n) is 1.83. The summed E-state index contributed by atoms with van der Waals surface area (Å²) in [7, 11) is 0. The number of benzene rings is 1. The van der Waals surface area contributed by atoms with E-state index in [-0.39, 0.29) is 5.91 Å². The molecule has 1 aromatic carbocycles. The number of nitrogens with one attached hydrogen (secondary N) is 2. The lowest BCUT2D eigenvalue weighted by atomic mass is 9.89. The Morgan fingerprint density at radius 3 is 2.37 bits per heavy atom. The number of rotatable bonds is 5. The van der Waals surface area contributed by atoms with Crippen LogP contribution in [0.4, 0.5) is 4.79 Å². The summed E-state index contributed by atoms with van der Waals surface area (Å²) < 4.78 is 0. The van der Waals surface area contributed by atoms with Crippen LogP contribution in [0.15, 0.2) is 30.3 Å². The molecule has 3 amide bonds. The maximum Gasteiger partial charge on any atom is 0.312 e. The third-order valence-electron chi connectivity index (χ3n) is 3.27. The molecule has 5 nitrogen and oxygen atoms in total. The van der Waals surface area contributed by atoms with E-state index in [0.29, 0.717) is 0 Å². The minimum Gasteiger partial charge on any atom is -0.352 e. The number of primary amides is 1. The molecule has 19 heavy (non-hydrogen) atoms. The Bertz CT molecular complexity index is 447. The normalized spacial score (nSPS) is 15.1. The second kappa shape index (κ2) is 6.22. The summed E-state index contributed by atoms with van der Waals surface area (Å²) in [6, 6.07) is 8.36. The molecule has 0 aliphatic heterocycles. The molecule has 0 unspecified atom stereocenters. The first-order valence-corrected chi connectivity index (χ1v) is 6.32. The topological polar surface area (TPSA) is 84.2 Å². The minimum absolute atomic E-state index is 0.257. The van der Waals surface area contributed by atoms with E-state index in [0.717, 1.165) is 12.0 Å². The standard InChI is InChI=1S/C14H21N3O2/c1-4-14(3,11-8-6-5-7-9-11)17-12(18)10(2)16-13(15)19/h5-10H,4H2,1-3H3,(H,17,18)(H3,15,16,19)/t10-,14-/m1/s1. The van der Waals surface area contributed by atoms with Crippen molar-refractivity contribution < 1.29 is 9.59 Å². The molecule has 4 N–H and O–H groups in total. The lowest BCUT2D eigenvalue weighted by Gasteiger charge is -2.31. The molecule has 0 saturated heterocycles. The van der Waals surface area contributed by atoms with Crippen molar-refractivity contribution in [2.75, 3.05) is 0 Å². The van der Waals surface area contributed by atoms with Gasteiger partial charge in [-0.2, -0.15) is 0 Å². The minimum atomic E-state index is -0.708. The Morgan fingerprint density at radius 2 is 1.89 bits per heavy atom. The summed E-state index contributed by atoms with van der Waals surface area (Å²) in [5.74, 6) is -0.257. The van der Waals surface area contributed by atoms with Gasteiger partial charge in [-0.15, -0.1) is 0 Å². The first kappa shape index (κ1) is 15.0. The highest BCUT2D eigenvalue weighted by Crippen LogP contribution is 2.24. The Balaban J connectivity index is 2.82. The van der Waals surface area contributed by atoms with Gasteiger partial charge >= 0.3 is 6.03 Å². The highest BCUT2D eigenvalue weighted by atomic mass is 16.2. The first-order chi connectivity index (χ1) is 8.89. The molecular formula is C14H21N3O2. The van der Waals surface area contributed by atoms with Crippen molar-refractivity contribution in [2.45, 2.75) is 38.8 Å². The van der Waals surface area contributed by atoms with Crippen molar-refractivity contribution in [3.05, 3.63) is 35.9 Å². The van der Waals surface area contributed by atoms with Crippen LogP contribution in [-0.4, -0.2) is 18.0 Å². The second-order valence-electron chi connectivity index (χ2n) is 4.77. The van der Waals surface area contributed by atoms with E-state index in [1.54, 1.807) is 6.92 Å². The average Bonchev–Trinajstić information content (AvgIpc) is 2.38. The van der Waals surface area contributed by atoms with Gasteiger partial charge in [0.1, 0.15) is 6.04 Å². The molecule has 0 aliphatic carbocycles. The Labute approximate surface area is 113 Å². The quantitative estimate of drug-likeness (QED) is 0.752. The van der Waals surface area contributed by atoms with Gasteiger partial charge in [0.25, 0.3) is 0 Å². The van der Waals surface area contributed by atoms with E-state index < -0.39 is 17.6 Å². The number of urea groups is 1. The van der Waals surface area contributed by atoms with Gasteiger partial charge in [-0.05, 0) is 25.8 Å². The summed E-state index contributed by atoms with van der Waals surface area (Å²) in [5, 5.41) is 5.32. The third kappa shape index (κ3) is 3.98. The highest BCUT2D eigenvalue weighted by Gasteiger charge is 2.28. The van der Waals surface area contributed by atoms with Crippen LogP contribution in [0.1, 0.15) is 32.8 Å². The molecule has 1 rings (SSSR count). The molecule has 0 saturated carbocycles. The molecule has 0 radical (unpaired) electrons. The van der Waals surface area contributed by atoms with Gasteiger partial charge < -0.3 is 16.4 Å². The number of carbonyl (C=O) groups is 2. The monoisotopic (exact) mass is 263 g/mol. The third-order valence-corrected chi connectivity index (χ3v) is 3.27. The number of carbonyl (C=O) groups excluding carboxylic acids is 2. The van der Waals surface area contributed by atoms with Gasteiger partial charge in [-0.1, -0.05) is 37.3 Å². The molecular weight excluding hydrogens is 242 g/mol. The highest BCUT2D eigenvalue weighted by molar-refractivity contribution is 5.86. The molecule has 0 heterocycles. The first-order valence-electron chi connectivity index (χ1n) is 6.32. The maximum absolute atomic E-state index is 12.0. The van der Waals surface area contributed by atoms with E-state index in [4.69, 9.17) is 5.73 Å². The zero-order valence-corrected chi connectivity index (χ0v) is 11.6. The van der Waals surface area contributed by atoms with E-state index in [9.17, 15) is 9.59 Å². The summed E-state index contributed by atoms with van der Waals surface area (Å²) in [4.78, 5) is 22.8. The van der Waals surface area contributed by atoms with Crippen LogP contribution in [0, 0.1) is 0 Å². The van der Waals surface area contributed by atoms with Crippen LogP contribution in [-0.2, 0) is 10.3 Å². The van der Waals surface area contributed by atoms with Gasteiger partial charge in [0.15, 0.2) is 0 Å². The van der Waals surface area contributed by atoms with E-state index in [1.165, 1.54) is 0 Å². The number of nitrogens with two attached hydrogens (primary N) is 1. The van der Waals surface area contributed by atoms with Gasteiger partial charge in [0.05, 0.1) is 5.54 Å². The predicted molar refractivity (Wildman–Crippen MR) is 74.4 cm³/mol. The average molecular weight is 263 g/mol. The summed E-state index contributed by atoms with van der Waals surface area (Å²) in [6.07, 6.45) is 0.742.